The van der Waals surface area contributed by atoms with Gasteiger partial charge in [-0.05, 0) is 62.2 Å². The van der Waals surface area contributed by atoms with E-state index in [1.807, 2.05) is 17.0 Å². The maximum Gasteiger partial charge on any atom is 0.254 e. The number of carbonyl (C=O) groups is 1. The summed E-state index contributed by atoms with van der Waals surface area (Å²) < 4.78 is 10.8. The highest BCUT2D eigenvalue weighted by Gasteiger charge is 2.49. The van der Waals surface area contributed by atoms with E-state index in [9.17, 15) is 15.0 Å². The molecule has 0 aliphatic carbocycles. The molecule has 7 heteroatoms. The number of rotatable bonds is 3. The SMILES string of the molecule is C[C@H](O)C#Cc1ccc([C@H]2[C@@H](CO)N3CCCCN(C(=O)c4ccc5c(c4)OCO5)C[C@H]23)cc1. The van der Waals surface area contributed by atoms with Gasteiger partial charge in [-0.25, -0.2) is 0 Å². The number of aliphatic hydroxyl groups is 2. The van der Waals surface area contributed by atoms with E-state index >= 15 is 0 Å². The van der Waals surface area contributed by atoms with Crippen LogP contribution >= 0.6 is 0 Å². The van der Waals surface area contributed by atoms with Crippen LogP contribution < -0.4 is 9.47 Å². The Morgan fingerprint density at radius 1 is 1.12 bits per heavy atom. The smallest absolute Gasteiger partial charge is 0.254 e. The molecule has 3 aliphatic heterocycles. The maximum atomic E-state index is 13.4. The monoisotopic (exact) mass is 462 g/mol. The Bertz CT molecular complexity index is 1100. The summed E-state index contributed by atoms with van der Waals surface area (Å²) in [7, 11) is 0. The average molecular weight is 463 g/mol. The Morgan fingerprint density at radius 2 is 1.88 bits per heavy atom. The number of ether oxygens (including phenoxy) is 2. The van der Waals surface area contributed by atoms with Gasteiger partial charge in [0.1, 0.15) is 6.10 Å². The van der Waals surface area contributed by atoms with Gasteiger partial charge in [0.2, 0.25) is 6.79 Å². The van der Waals surface area contributed by atoms with Gasteiger partial charge in [0, 0.05) is 42.2 Å². The van der Waals surface area contributed by atoms with Crippen molar-refractivity contribution in [3.05, 3.63) is 59.2 Å². The largest absolute Gasteiger partial charge is 0.454 e. The molecule has 178 valence electrons. The molecule has 1 amide bonds. The zero-order valence-corrected chi connectivity index (χ0v) is 19.3. The predicted molar refractivity (Wildman–Crippen MR) is 127 cm³/mol. The number of hydrogen-bond acceptors (Lipinski definition) is 6. The number of aliphatic hydroxyl groups excluding tert-OH is 2. The second-order valence-corrected chi connectivity index (χ2v) is 9.17. The van der Waals surface area contributed by atoms with Crippen molar-refractivity contribution in [1.29, 1.82) is 0 Å². The van der Waals surface area contributed by atoms with Crippen molar-refractivity contribution in [3.63, 3.8) is 0 Å². The number of hydrogen-bond donors (Lipinski definition) is 2. The molecule has 0 unspecified atom stereocenters. The Balaban J connectivity index is 1.37. The van der Waals surface area contributed by atoms with Crippen molar-refractivity contribution in [2.45, 2.75) is 43.9 Å². The van der Waals surface area contributed by atoms with Gasteiger partial charge in [-0.15, -0.1) is 0 Å². The zero-order chi connectivity index (χ0) is 23.7. The van der Waals surface area contributed by atoms with Crippen molar-refractivity contribution in [3.8, 4) is 23.3 Å². The molecule has 0 spiro atoms. The molecule has 34 heavy (non-hydrogen) atoms. The van der Waals surface area contributed by atoms with E-state index < -0.39 is 6.10 Å². The maximum absolute atomic E-state index is 13.4. The van der Waals surface area contributed by atoms with Gasteiger partial charge in [-0.1, -0.05) is 24.0 Å². The molecule has 7 nitrogen and oxygen atoms in total. The highest BCUT2D eigenvalue weighted by Crippen LogP contribution is 2.42. The van der Waals surface area contributed by atoms with E-state index in [1.54, 1.807) is 25.1 Å². The number of carbonyl (C=O) groups excluding carboxylic acids is 1. The lowest BCUT2D eigenvalue weighted by Gasteiger charge is -2.57. The summed E-state index contributed by atoms with van der Waals surface area (Å²) in [5.74, 6) is 7.15. The molecule has 0 saturated carbocycles. The van der Waals surface area contributed by atoms with Crippen LogP contribution in [0.3, 0.4) is 0 Å². The summed E-state index contributed by atoms with van der Waals surface area (Å²) >= 11 is 0. The van der Waals surface area contributed by atoms with Gasteiger partial charge >= 0.3 is 0 Å². The third-order valence-electron chi connectivity index (χ3n) is 7.00. The van der Waals surface area contributed by atoms with Crippen LogP contribution in [0.15, 0.2) is 42.5 Å². The van der Waals surface area contributed by atoms with Crippen LogP contribution in [-0.4, -0.2) is 77.1 Å². The Morgan fingerprint density at radius 3 is 2.65 bits per heavy atom. The molecule has 2 saturated heterocycles. The topological polar surface area (TPSA) is 82.5 Å². The van der Waals surface area contributed by atoms with Gasteiger partial charge in [-0.2, -0.15) is 0 Å². The van der Waals surface area contributed by atoms with E-state index in [0.717, 1.165) is 30.5 Å². The molecule has 2 N–H and O–H groups in total. The molecule has 2 aromatic carbocycles. The normalized spacial score (nSPS) is 24.7. The lowest BCUT2D eigenvalue weighted by Crippen LogP contribution is -2.67. The quantitative estimate of drug-likeness (QED) is 0.681. The van der Waals surface area contributed by atoms with Crippen molar-refractivity contribution >= 4 is 5.91 Å². The van der Waals surface area contributed by atoms with Crippen LogP contribution in [0.2, 0.25) is 0 Å². The molecule has 4 atom stereocenters. The molecular weight excluding hydrogens is 432 g/mol. The minimum absolute atomic E-state index is 0.00454. The highest BCUT2D eigenvalue weighted by molar-refractivity contribution is 5.95. The third-order valence-corrected chi connectivity index (χ3v) is 7.00. The predicted octanol–water partition coefficient (Wildman–Crippen LogP) is 2.21. The van der Waals surface area contributed by atoms with E-state index in [2.05, 4.69) is 28.9 Å². The van der Waals surface area contributed by atoms with Crippen molar-refractivity contribution < 1.29 is 24.5 Å². The van der Waals surface area contributed by atoms with Gasteiger partial charge in [-0.3, -0.25) is 9.69 Å². The van der Waals surface area contributed by atoms with Crippen molar-refractivity contribution in [1.82, 2.24) is 9.80 Å². The summed E-state index contributed by atoms with van der Waals surface area (Å²) in [6.07, 6.45) is 1.25. The lowest BCUT2D eigenvalue weighted by molar-refractivity contribution is -0.0606. The molecule has 0 aromatic heterocycles. The minimum Gasteiger partial charge on any atom is -0.454 e. The number of nitrogens with zero attached hydrogens (tertiary/aromatic N) is 2. The van der Waals surface area contributed by atoms with Crippen molar-refractivity contribution in [2.75, 3.05) is 33.0 Å². The fraction of sp³-hybridized carbons (Fsp3) is 0.444. The van der Waals surface area contributed by atoms with Crippen LogP contribution in [0, 0.1) is 11.8 Å². The van der Waals surface area contributed by atoms with E-state index in [0.29, 0.717) is 30.2 Å². The first-order valence-corrected chi connectivity index (χ1v) is 11.9. The number of fused-ring (bicyclic) bond motifs is 2. The molecule has 3 aliphatic rings. The summed E-state index contributed by atoms with van der Waals surface area (Å²) in [4.78, 5) is 17.7. The first kappa shape index (κ1) is 22.7. The molecule has 2 aromatic rings. The van der Waals surface area contributed by atoms with Gasteiger partial charge in [0.25, 0.3) is 5.91 Å². The standard InChI is InChI=1S/C27H30N2O5/c1-18(31)4-5-19-6-8-20(9-7-19)26-22-15-28(12-2-3-13-29(22)23(26)16-30)27(32)21-10-11-24-25(14-21)34-17-33-24/h6-11,14,18,22-23,26,30-31H,2-3,12-13,15-17H2,1H3/t18-,22+,23+,26+/m0/s1. The van der Waals surface area contributed by atoms with Crippen LogP contribution in [0.25, 0.3) is 0 Å². The van der Waals surface area contributed by atoms with Gasteiger partial charge in [0.05, 0.1) is 6.61 Å². The molecule has 2 fully saturated rings. The van der Waals surface area contributed by atoms with Crippen molar-refractivity contribution in [2.24, 2.45) is 0 Å². The van der Waals surface area contributed by atoms with Crippen LogP contribution in [0.5, 0.6) is 11.5 Å². The molecule has 0 bridgehead atoms. The van der Waals surface area contributed by atoms with E-state index in [1.165, 1.54) is 0 Å². The summed E-state index contributed by atoms with van der Waals surface area (Å²) in [6.45, 7) is 4.15. The molecular formula is C27H30N2O5. The molecule has 0 radical (unpaired) electrons. The third kappa shape index (κ3) is 4.37. The minimum atomic E-state index is -0.665. The van der Waals surface area contributed by atoms with Crippen LogP contribution in [0.1, 0.15) is 47.2 Å². The average Bonchev–Trinajstić information content (AvgIpc) is 3.30. The van der Waals surface area contributed by atoms with Crippen LogP contribution in [0.4, 0.5) is 0 Å². The Kier molecular flexibility index (Phi) is 6.46. The fourth-order valence-electron chi connectivity index (χ4n) is 5.31. The summed E-state index contributed by atoms with van der Waals surface area (Å²) in [6, 6.07) is 13.6. The Labute approximate surface area is 199 Å². The second kappa shape index (κ2) is 9.67. The number of amides is 1. The number of benzene rings is 2. The fourth-order valence-corrected chi connectivity index (χ4v) is 5.31. The molecule has 5 rings (SSSR count). The zero-order valence-electron chi connectivity index (χ0n) is 19.3. The summed E-state index contributed by atoms with van der Waals surface area (Å²) in [5, 5.41) is 19.6. The first-order chi connectivity index (χ1) is 16.5. The van der Waals surface area contributed by atoms with E-state index in [-0.39, 0.29) is 37.3 Å². The van der Waals surface area contributed by atoms with E-state index in [4.69, 9.17) is 9.47 Å². The van der Waals surface area contributed by atoms with Gasteiger partial charge in [0.15, 0.2) is 11.5 Å². The van der Waals surface area contributed by atoms with Crippen LogP contribution in [-0.2, 0) is 0 Å². The highest BCUT2D eigenvalue weighted by atomic mass is 16.7. The Hall–Kier alpha value is -3.05. The lowest BCUT2D eigenvalue weighted by atomic mass is 9.74. The van der Waals surface area contributed by atoms with Gasteiger partial charge < -0.3 is 24.6 Å². The molecule has 3 heterocycles. The summed E-state index contributed by atoms with van der Waals surface area (Å²) in [5.41, 5.74) is 2.59. The second-order valence-electron chi connectivity index (χ2n) is 9.17. The first-order valence-electron chi connectivity index (χ1n) is 11.9.